The molecule has 4 rings (SSSR count). The molecule has 0 radical (unpaired) electrons. The van der Waals surface area contributed by atoms with E-state index in [2.05, 4.69) is 5.32 Å². The second-order valence-corrected chi connectivity index (χ2v) is 6.70. The monoisotopic (exact) mass is 342 g/mol. The van der Waals surface area contributed by atoms with Crippen LogP contribution in [0.25, 0.3) is 0 Å². The van der Waals surface area contributed by atoms with Gasteiger partial charge in [-0.2, -0.15) is 0 Å². The summed E-state index contributed by atoms with van der Waals surface area (Å²) in [6.45, 7) is 1.36. The molecule has 0 aromatic heterocycles. The van der Waals surface area contributed by atoms with Crippen molar-refractivity contribution >= 4 is 23.6 Å². The van der Waals surface area contributed by atoms with Crippen LogP contribution in [-0.4, -0.2) is 47.7 Å². The van der Waals surface area contributed by atoms with Gasteiger partial charge in [0, 0.05) is 6.42 Å². The summed E-state index contributed by atoms with van der Waals surface area (Å²) in [5.74, 6) is -1.68. The van der Waals surface area contributed by atoms with Gasteiger partial charge in [0.2, 0.25) is 11.8 Å². The fraction of sp³-hybridized carbons (Fsp3) is 0.444. The van der Waals surface area contributed by atoms with Crippen molar-refractivity contribution in [3.8, 4) is 0 Å². The molecule has 3 heterocycles. The van der Waals surface area contributed by atoms with Crippen molar-refractivity contribution < 1.29 is 20.6 Å². The third-order valence-corrected chi connectivity index (χ3v) is 5.21. The van der Waals surface area contributed by atoms with Crippen LogP contribution >= 0.6 is 0 Å². The molecule has 7 heteroatoms. The highest BCUT2D eigenvalue weighted by Gasteiger charge is 2.44. The van der Waals surface area contributed by atoms with Crippen LogP contribution in [0.1, 0.15) is 57.9 Å². The van der Waals surface area contributed by atoms with Gasteiger partial charge in [0.15, 0.2) is 0 Å². The lowest BCUT2D eigenvalue weighted by Gasteiger charge is -2.27. The Kier molecular flexibility index (Phi) is 3.59. The average Bonchev–Trinajstić information content (AvgIpc) is 2.87. The molecular formula is C18H19N3O4. The molecule has 1 aromatic carbocycles. The topological polar surface area (TPSA) is 95.6 Å². The Morgan fingerprint density at radius 2 is 1.72 bits per heavy atom. The van der Waals surface area contributed by atoms with Crippen molar-refractivity contribution in [2.24, 2.45) is 0 Å². The number of imide groups is 2. The molecule has 3 aliphatic heterocycles. The van der Waals surface area contributed by atoms with E-state index in [-0.39, 0.29) is 24.7 Å². The van der Waals surface area contributed by atoms with Gasteiger partial charge in [-0.1, -0.05) is 6.07 Å². The number of hydrogen-bond donors (Lipinski definition) is 2. The Bertz CT molecular complexity index is 817. The number of carbonyl (C=O) groups excluding carboxylic acids is 4. The van der Waals surface area contributed by atoms with Gasteiger partial charge in [0.05, 0.1) is 11.1 Å². The van der Waals surface area contributed by atoms with Gasteiger partial charge in [0.1, 0.15) is 7.45 Å². The maximum Gasteiger partial charge on any atom is 0.262 e. The second-order valence-electron chi connectivity index (χ2n) is 6.70. The average molecular weight is 342 g/mol. The smallest absolute Gasteiger partial charge is 0.262 e. The molecule has 4 amide bonds. The van der Waals surface area contributed by atoms with Crippen LogP contribution in [0.15, 0.2) is 18.2 Å². The molecule has 1 unspecified atom stereocenters. The van der Waals surface area contributed by atoms with Gasteiger partial charge in [-0.25, -0.2) is 0 Å². The quantitative estimate of drug-likeness (QED) is 0.766. The highest BCUT2D eigenvalue weighted by molar-refractivity contribution is 6.23. The summed E-state index contributed by atoms with van der Waals surface area (Å²) in [5.41, 5.74) is 1.62. The van der Waals surface area contributed by atoms with Crippen LogP contribution in [0, 0.1) is 0 Å². The van der Waals surface area contributed by atoms with E-state index in [9.17, 15) is 19.2 Å². The van der Waals surface area contributed by atoms with Gasteiger partial charge in [-0.15, -0.1) is 0 Å². The molecule has 1 aromatic rings. The van der Waals surface area contributed by atoms with Gasteiger partial charge in [0.25, 0.3) is 11.8 Å². The summed E-state index contributed by atoms with van der Waals surface area (Å²) >= 11 is 0. The fourth-order valence-corrected chi connectivity index (χ4v) is 3.83. The normalized spacial score (nSPS) is 25.8. The largest absolute Gasteiger partial charge is 0.317 e. The predicted octanol–water partition coefficient (Wildman–Crippen LogP) is 0.555. The van der Waals surface area contributed by atoms with Crippen molar-refractivity contribution in [3.05, 3.63) is 34.9 Å². The third kappa shape index (κ3) is 2.64. The lowest BCUT2D eigenvalue weighted by molar-refractivity contribution is -0.136. The lowest BCUT2D eigenvalue weighted by Crippen LogP contribution is -2.54. The molecule has 2 N–H and O–H groups in total. The first-order chi connectivity index (χ1) is 12.5. The van der Waals surface area contributed by atoms with Crippen LogP contribution in [0.5, 0.6) is 0 Å². The minimum absolute atomic E-state index is 0.112. The summed E-state index contributed by atoms with van der Waals surface area (Å²) in [5, 5.41) is 3.73. The van der Waals surface area contributed by atoms with Crippen LogP contribution in [0.3, 0.4) is 0 Å². The molecule has 25 heavy (non-hydrogen) atoms. The maximum absolute atomic E-state index is 12.8. The highest BCUT2D eigenvalue weighted by atomic mass is 16.2. The van der Waals surface area contributed by atoms with E-state index < -0.39 is 23.8 Å². The second kappa shape index (κ2) is 6.07. The first-order valence-corrected chi connectivity index (χ1v) is 8.55. The molecule has 0 bridgehead atoms. The molecule has 7 nitrogen and oxygen atoms in total. The number of carbonyl (C=O) groups is 4. The van der Waals surface area contributed by atoms with Crippen molar-refractivity contribution in [2.75, 3.05) is 13.1 Å². The zero-order valence-corrected chi connectivity index (χ0v) is 13.7. The van der Waals surface area contributed by atoms with E-state index in [4.69, 9.17) is 1.41 Å². The Morgan fingerprint density at radius 1 is 1.00 bits per heavy atom. The Labute approximate surface area is 146 Å². The molecule has 0 aliphatic carbocycles. The van der Waals surface area contributed by atoms with Gasteiger partial charge in [-0.05, 0) is 56.0 Å². The molecule has 2 saturated heterocycles. The van der Waals surface area contributed by atoms with Crippen LogP contribution < -0.4 is 10.6 Å². The predicted molar refractivity (Wildman–Crippen MR) is 88.0 cm³/mol. The number of hydrogen-bond acceptors (Lipinski definition) is 5. The first kappa shape index (κ1) is 14.8. The van der Waals surface area contributed by atoms with Crippen molar-refractivity contribution in [1.29, 1.82) is 0 Å². The first-order valence-electron chi connectivity index (χ1n) is 9.00. The Morgan fingerprint density at radius 3 is 2.44 bits per heavy atom. The summed E-state index contributed by atoms with van der Waals surface area (Å²) in [4.78, 5) is 49.9. The number of nitrogens with one attached hydrogen (secondary N) is 2. The van der Waals surface area contributed by atoms with E-state index >= 15 is 0 Å². The number of piperidine rings is 2. The standard InChI is InChI=1S/C18H19N3O4/c22-15-4-3-14(16(23)20-15)21-17(24)12-2-1-11(9-13(12)18(21)25)10-5-7-19-8-6-10/h1-2,9-10,14,19H,3-8H2,(H,20,22,23)/i/hD. The minimum Gasteiger partial charge on any atom is -0.317 e. The van der Waals surface area contributed by atoms with Crippen LogP contribution in [0.2, 0.25) is 1.41 Å². The molecule has 0 spiro atoms. The molecular weight excluding hydrogens is 322 g/mol. The summed E-state index contributed by atoms with van der Waals surface area (Å²) in [6.07, 6.45) is 1.94. The van der Waals surface area contributed by atoms with Crippen LogP contribution in [-0.2, 0) is 9.59 Å². The molecule has 2 fully saturated rings. The Balaban J connectivity index is 1.60. The van der Waals surface area contributed by atoms with Crippen LogP contribution in [0.4, 0.5) is 0 Å². The van der Waals surface area contributed by atoms with Gasteiger partial charge < -0.3 is 5.31 Å². The molecule has 130 valence electrons. The molecule has 1 atom stereocenters. The minimum atomic E-state index is -0.935. The zero-order valence-electron chi connectivity index (χ0n) is 14.7. The van der Waals surface area contributed by atoms with E-state index in [1.54, 1.807) is 12.1 Å². The summed E-state index contributed by atoms with van der Waals surface area (Å²) < 4.78 is 7.64. The van der Waals surface area contributed by atoms with Crippen molar-refractivity contribution in [1.82, 2.24) is 15.5 Å². The van der Waals surface area contributed by atoms with Crippen molar-refractivity contribution in [3.63, 3.8) is 0 Å². The SMILES string of the molecule is [2H]N1CCC(c2ccc3c(c2)C(=O)N(C2CCC(=O)NC2=O)C3=O)CC1. The third-order valence-electron chi connectivity index (χ3n) is 5.21. The van der Waals surface area contributed by atoms with E-state index in [0.29, 0.717) is 24.2 Å². The highest BCUT2D eigenvalue weighted by Crippen LogP contribution is 2.32. The van der Waals surface area contributed by atoms with E-state index in [0.717, 1.165) is 23.3 Å². The molecule has 0 saturated carbocycles. The number of fused-ring (bicyclic) bond motifs is 1. The number of benzene rings is 1. The number of nitrogens with zero attached hydrogens (tertiary/aromatic N) is 1. The zero-order chi connectivity index (χ0) is 18.4. The summed E-state index contributed by atoms with van der Waals surface area (Å²) in [7, 11) is 0. The number of amides is 4. The fourth-order valence-electron chi connectivity index (χ4n) is 3.83. The van der Waals surface area contributed by atoms with E-state index in [1.165, 1.54) is 5.31 Å². The molecule has 3 aliphatic rings. The van der Waals surface area contributed by atoms with Crippen molar-refractivity contribution in [2.45, 2.75) is 37.6 Å². The lowest BCUT2D eigenvalue weighted by atomic mass is 9.88. The van der Waals surface area contributed by atoms with Gasteiger partial charge >= 0.3 is 0 Å². The summed E-state index contributed by atoms with van der Waals surface area (Å²) in [6, 6.07) is 4.34. The van der Waals surface area contributed by atoms with Gasteiger partial charge in [-0.3, -0.25) is 29.4 Å². The maximum atomic E-state index is 12.8. The Hall–Kier alpha value is -2.54. The van der Waals surface area contributed by atoms with E-state index in [1.807, 2.05) is 6.07 Å². The number of rotatable bonds is 2.